The van der Waals surface area contributed by atoms with E-state index in [1.165, 1.54) is 6.54 Å². The fourth-order valence-corrected chi connectivity index (χ4v) is 0.198. The first-order valence-electron chi connectivity index (χ1n) is 1.44. The topological polar surface area (TPSA) is 50.4 Å². The molecule has 0 aromatic carbocycles. The van der Waals surface area contributed by atoms with Gasteiger partial charge in [-0.2, -0.15) is 0 Å². The van der Waals surface area contributed by atoms with Crippen LogP contribution in [0, 0.1) is 6.54 Å². The van der Waals surface area contributed by atoms with Crippen LogP contribution >= 0.6 is 0 Å². The minimum atomic E-state index is -0.394. The molecule has 0 saturated carbocycles. The van der Waals surface area contributed by atoms with Crippen LogP contribution in [0.5, 0.6) is 0 Å². The molecule has 1 heterocycles. The van der Waals surface area contributed by atoms with Crippen molar-refractivity contribution < 1.29 is 9.63 Å². The van der Waals surface area contributed by atoms with Crippen LogP contribution in [0.3, 0.4) is 0 Å². The molecule has 0 bridgehead atoms. The maximum absolute atomic E-state index is 9.84. The number of carbonyl (C=O) groups is 1. The van der Waals surface area contributed by atoms with E-state index in [0.29, 0.717) is 0 Å². The molecule has 4 nitrogen and oxygen atoms in total. The van der Waals surface area contributed by atoms with Gasteiger partial charge in [0.25, 0.3) is 0 Å². The van der Waals surface area contributed by atoms with Crippen molar-refractivity contribution in [2.24, 2.45) is 0 Å². The monoisotopic (exact) mass is 87.0 g/mol. The van der Waals surface area contributed by atoms with E-state index in [1.54, 1.807) is 0 Å². The first-order chi connectivity index (χ1) is 2.89. The minimum Gasteiger partial charge on any atom is -0.354 e. The molecule has 0 amide bonds. The van der Waals surface area contributed by atoms with Gasteiger partial charge < -0.3 is 4.84 Å². The zero-order chi connectivity index (χ0) is 4.41. The molecule has 1 rings (SSSR count). The van der Waals surface area contributed by atoms with E-state index in [4.69, 9.17) is 0 Å². The van der Waals surface area contributed by atoms with E-state index in [2.05, 4.69) is 15.9 Å². The second kappa shape index (κ2) is 1.24. The van der Waals surface area contributed by atoms with E-state index in [1.807, 2.05) is 0 Å². The van der Waals surface area contributed by atoms with Crippen molar-refractivity contribution >= 4 is 5.97 Å². The molecule has 0 atom stereocenters. The lowest BCUT2D eigenvalue weighted by atomic mass is 10.7. The van der Waals surface area contributed by atoms with Crippen molar-refractivity contribution in [2.45, 2.75) is 0 Å². The molecule has 33 valence electrons. The summed E-state index contributed by atoms with van der Waals surface area (Å²) < 4.78 is 0. The summed E-state index contributed by atoms with van der Waals surface area (Å²) in [6, 6.07) is 0. The fraction of sp³-hybridized carbons (Fsp3) is 0. The fourth-order valence-electron chi connectivity index (χ4n) is 0.198. The number of rotatable bonds is 0. The number of hydrogen-bond acceptors (Lipinski definition) is 4. The summed E-state index contributed by atoms with van der Waals surface area (Å²) in [7, 11) is 0. The lowest BCUT2D eigenvalue weighted by Crippen LogP contribution is -2.17. The van der Waals surface area contributed by atoms with Gasteiger partial charge in [0, 0.05) is 0 Å². The highest BCUT2D eigenvalue weighted by Gasteiger charge is 2.08. The Morgan fingerprint density at radius 2 is 2.67 bits per heavy atom. The second-order valence-corrected chi connectivity index (χ2v) is 0.812. The normalized spacial score (nSPS) is 21.0. The average molecular weight is 87.1 g/mol. The quantitative estimate of drug-likeness (QED) is 0.386. The molecule has 1 aliphatic heterocycles. The standard InChI is InChI=1S/C2H3N2O2/c5-2-1-3-4-6-2/h1,3-4H. The third kappa shape index (κ3) is 0.474. The summed E-state index contributed by atoms with van der Waals surface area (Å²) in [5.74, 6) is -0.394. The van der Waals surface area contributed by atoms with Crippen LogP contribution in [0.25, 0.3) is 0 Å². The van der Waals surface area contributed by atoms with E-state index < -0.39 is 5.97 Å². The summed E-state index contributed by atoms with van der Waals surface area (Å²) in [5.41, 5.74) is 4.44. The third-order valence-corrected chi connectivity index (χ3v) is 0.401. The molecule has 1 radical (unpaired) electrons. The average Bonchev–Trinajstić information content (AvgIpc) is 1.86. The molecule has 0 aliphatic carbocycles. The van der Waals surface area contributed by atoms with Gasteiger partial charge in [0.1, 0.15) is 0 Å². The van der Waals surface area contributed by atoms with Gasteiger partial charge in [-0.25, -0.2) is 10.2 Å². The van der Waals surface area contributed by atoms with Crippen molar-refractivity contribution in [3.05, 3.63) is 6.54 Å². The van der Waals surface area contributed by atoms with Gasteiger partial charge in [-0.05, 0) is 0 Å². The van der Waals surface area contributed by atoms with E-state index in [-0.39, 0.29) is 0 Å². The van der Waals surface area contributed by atoms with Crippen LogP contribution in [-0.4, -0.2) is 5.97 Å². The molecule has 1 fully saturated rings. The van der Waals surface area contributed by atoms with Crippen molar-refractivity contribution in [1.82, 2.24) is 11.0 Å². The molecule has 0 aromatic rings. The maximum Gasteiger partial charge on any atom is 0.347 e. The minimum absolute atomic E-state index is 0.394. The zero-order valence-corrected chi connectivity index (χ0v) is 2.89. The van der Waals surface area contributed by atoms with Crippen LogP contribution < -0.4 is 11.0 Å². The van der Waals surface area contributed by atoms with E-state index >= 15 is 0 Å². The highest BCUT2D eigenvalue weighted by molar-refractivity contribution is 5.79. The van der Waals surface area contributed by atoms with Crippen molar-refractivity contribution in [2.75, 3.05) is 0 Å². The van der Waals surface area contributed by atoms with Gasteiger partial charge in [0.05, 0.1) is 0 Å². The van der Waals surface area contributed by atoms with Gasteiger partial charge in [-0.3, -0.25) is 0 Å². The molecule has 1 saturated heterocycles. The number of hydrazine groups is 1. The van der Waals surface area contributed by atoms with Gasteiger partial charge in [-0.1, -0.05) is 5.59 Å². The Bertz CT molecular complexity index is 63.9. The highest BCUT2D eigenvalue weighted by atomic mass is 16.7. The molecule has 2 N–H and O–H groups in total. The van der Waals surface area contributed by atoms with Gasteiger partial charge in [0.15, 0.2) is 6.54 Å². The molecule has 1 aliphatic rings. The predicted octanol–water partition coefficient (Wildman–Crippen LogP) is -1.29. The number of nitrogens with one attached hydrogen (secondary N) is 2. The predicted molar refractivity (Wildman–Crippen MR) is 16.7 cm³/mol. The molecule has 4 heteroatoms. The van der Waals surface area contributed by atoms with E-state index in [9.17, 15) is 4.79 Å². The number of hydrogen-bond donors (Lipinski definition) is 2. The van der Waals surface area contributed by atoms with Crippen LogP contribution in [0.15, 0.2) is 0 Å². The molecular formula is C2H3N2O2. The molecule has 0 aromatic heterocycles. The van der Waals surface area contributed by atoms with Crippen LogP contribution in [0.1, 0.15) is 0 Å². The smallest absolute Gasteiger partial charge is 0.347 e. The summed E-state index contributed by atoms with van der Waals surface area (Å²) in [5, 5.41) is 0. The van der Waals surface area contributed by atoms with Crippen LogP contribution in [0.4, 0.5) is 0 Å². The SMILES string of the molecule is O=C1[CH]NNO1. The Hall–Kier alpha value is -0.610. The Kier molecular flexibility index (Phi) is 0.736. The maximum atomic E-state index is 9.84. The number of carbonyl (C=O) groups excluding carboxylic acids is 1. The highest BCUT2D eigenvalue weighted by Crippen LogP contribution is 1.79. The third-order valence-electron chi connectivity index (χ3n) is 0.401. The van der Waals surface area contributed by atoms with Crippen molar-refractivity contribution in [3.63, 3.8) is 0 Å². The first kappa shape index (κ1) is 3.58. The summed E-state index contributed by atoms with van der Waals surface area (Å²) in [6.45, 7) is 1.18. The van der Waals surface area contributed by atoms with Crippen molar-refractivity contribution in [1.29, 1.82) is 0 Å². The first-order valence-corrected chi connectivity index (χ1v) is 1.44. The summed E-state index contributed by atoms with van der Waals surface area (Å²) in [6.07, 6.45) is 0. The molecule has 0 spiro atoms. The van der Waals surface area contributed by atoms with Crippen LogP contribution in [0.2, 0.25) is 0 Å². The Balaban J connectivity index is 2.37. The Morgan fingerprint density at radius 3 is 2.83 bits per heavy atom. The van der Waals surface area contributed by atoms with Crippen molar-refractivity contribution in [3.8, 4) is 0 Å². The second-order valence-electron chi connectivity index (χ2n) is 0.812. The van der Waals surface area contributed by atoms with Crippen LogP contribution in [-0.2, 0) is 9.63 Å². The van der Waals surface area contributed by atoms with Gasteiger partial charge in [0.2, 0.25) is 0 Å². The summed E-state index contributed by atoms with van der Waals surface area (Å²) in [4.78, 5) is 13.9. The van der Waals surface area contributed by atoms with E-state index in [0.717, 1.165) is 0 Å². The molecule has 6 heavy (non-hydrogen) atoms. The zero-order valence-electron chi connectivity index (χ0n) is 2.89. The molecule has 0 unspecified atom stereocenters. The Morgan fingerprint density at radius 1 is 1.83 bits per heavy atom. The lowest BCUT2D eigenvalue weighted by molar-refractivity contribution is -0.141. The van der Waals surface area contributed by atoms with Gasteiger partial charge >= 0.3 is 5.97 Å². The summed E-state index contributed by atoms with van der Waals surface area (Å²) >= 11 is 0. The molecular weight excluding hydrogens is 84.0 g/mol. The van der Waals surface area contributed by atoms with Gasteiger partial charge in [-0.15, -0.1) is 0 Å². The largest absolute Gasteiger partial charge is 0.354 e. The Labute approximate surface area is 34.4 Å². The lowest BCUT2D eigenvalue weighted by Gasteiger charge is -1.81.